The number of halogens is 3. The smallest absolute Gasteiger partial charge is 0.406 e. The van der Waals surface area contributed by atoms with Crippen LogP contribution in [0.25, 0.3) is 0 Å². The van der Waals surface area contributed by atoms with Crippen molar-refractivity contribution >= 4 is 29.3 Å². The normalized spacial score (nSPS) is 12.2. The minimum atomic E-state index is -4.82. The zero-order chi connectivity index (χ0) is 20.7. The van der Waals surface area contributed by atoms with E-state index in [2.05, 4.69) is 15.4 Å². The van der Waals surface area contributed by atoms with Gasteiger partial charge in [0.05, 0.1) is 6.10 Å². The summed E-state index contributed by atoms with van der Waals surface area (Å²) in [4.78, 5) is 24.7. The van der Waals surface area contributed by atoms with Crippen LogP contribution >= 0.6 is 11.8 Å². The lowest BCUT2D eigenvalue weighted by molar-refractivity contribution is -0.274. The molecule has 0 saturated heterocycles. The number of amides is 2. The van der Waals surface area contributed by atoms with Gasteiger partial charge in [-0.1, -0.05) is 12.1 Å². The number of aliphatic hydroxyl groups is 1. The minimum absolute atomic E-state index is 0.114. The highest BCUT2D eigenvalue weighted by Gasteiger charge is 2.31. The van der Waals surface area contributed by atoms with E-state index in [0.29, 0.717) is 5.56 Å². The van der Waals surface area contributed by atoms with Gasteiger partial charge in [0.25, 0.3) is 0 Å². The van der Waals surface area contributed by atoms with E-state index in [-0.39, 0.29) is 12.2 Å². The Hall–Kier alpha value is -2.72. The number of benzene rings is 2. The summed E-state index contributed by atoms with van der Waals surface area (Å²) in [6.45, 7) is -0.177. The average molecular weight is 414 g/mol. The highest BCUT2D eigenvalue weighted by atomic mass is 32.2. The van der Waals surface area contributed by atoms with Crippen LogP contribution in [0.3, 0.4) is 0 Å². The monoisotopic (exact) mass is 414 g/mol. The maximum atomic E-state index is 12.1. The number of thioether (sulfide) groups is 1. The van der Waals surface area contributed by atoms with Gasteiger partial charge < -0.3 is 20.5 Å². The van der Waals surface area contributed by atoms with Crippen molar-refractivity contribution in [2.75, 3.05) is 18.1 Å². The third-order valence-corrected chi connectivity index (χ3v) is 4.25. The molecule has 2 aromatic carbocycles. The Labute approximate surface area is 163 Å². The Balaban J connectivity index is 1.84. The van der Waals surface area contributed by atoms with Gasteiger partial charge in [-0.15, -0.1) is 24.9 Å². The van der Waals surface area contributed by atoms with Crippen molar-refractivity contribution in [3.8, 4) is 5.75 Å². The second kappa shape index (κ2) is 9.47. The van der Waals surface area contributed by atoms with E-state index in [4.69, 9.17) is 0 Å². The third kappa shape index (κ3) is 6.78. The Morgan fingerprint density at radius 2 is 1.68 bits per heavy atom. The van der Waals surface area contributed by atoms with Crippen molar-refractivity contribution < 1.29 is 32.6 Å². The molecule has 0 unspecified atom stereocenters. The van der Waals surface area contributed by atoms with Crippen LogP contribution < -0.4 is 15.4 Å². The number of hydrogen-bond acceptors (Lipinski definition) is 5. The molecule has 1 atom stereocenters. The van der Waals surface area contributed by atoms with Gasteiger partial charge in [0.15, 0.2) is 0 Å². The SMILES string of the molecule is CSc1ccc([C@H](O)CNC(=O)C(=O)Nc2ccc(OC(F)(F)F)cc2)cc1. The first kappa shape index (κ1) is 21.6. The Bertz CT molecular complexity index is 811. The first-order chi connectivity index (χ1) is 13.2. The van der Waals surface area contributed by atoms with E-state index in [1.54, 1.807) is 23.9 Å². The lowest BCUT2D eigenvalue weighted by Gasteiger charge is -2.13. The molecule has 3 N–H and O–H groups in total. The summed E-state index contributed by atoms with van der Waals surface area (Å²) in [6.07, 6.45) is -3.89. The van der Waals surface area contributed by atoms with Gasteiger partial charge in [-0.3, -0.25) is 9.59 Å². The fourth-order valence-electron chi connectivity index (χ4n) is 2.14. The molecular weight excluding hydrogens is 397 g/mol. The number of hydrogen-bond donors (Lipinski definition) is 3. The second-order valence-corrected chi connectivity index (χ2v) is 6.40. The van der Waals surface area contributed by atoms with Crippen molar-refractivity contribution in [2.45, 2.75) is 17.4 Å². The summed E-state index contributed by atoms with van der Waals surface area (Å²) in [6, 6.07) is 11.4. The summed E-state index contributed by atoms with van der Waals surface area (Å²) in [5, 5.41) is 14.6. The zero-order valence-electron chi connectivity index (χ0n) is 14.6. The highest BCUT2D eigenvalue weighted by molar-refractivity contribution is 7.98. The number of alkyl halides is 3. The molecule has 0 aromatic heterocycles. The van der Waals surface area contributed by atoms with Gasteiger partial charge >= 0.3 is 18.2 Å². The number of carbonyl (C=O) groups is 2. The number of nitrogens with one attached hydrogen (secondary N) is 2. The number of ether oxygens (including phenoxy) is 1. The molecule has 28 heavy (non-hydrogen) atoms. The number of anilines is 1. The maximum Gasteiger partial charge on any atom is 0.573 e. The summed E-state index contributed by atoms with van der Waals surface area (Å²) >= 11 is 1.55. The Kier molecular flexibility index (Phi) is 7.30. The minimum Gasteiger partial charge on any atom is -0.406 e. The fraction of sp³-hybridized carbons (Fsp3) is 0.222. The summed E-state index contributed by atoms with van der Waals surface area (Å²) in [5.74, 6) is -2.46. The number of aliphatic hydroxyl groups excluding tert-OH is 1. The van der Waals surface area contributed by atoms with Crippen LogP contribution in [0.15, 0.2) is 53.4 Å². The summed E-state index contributed by atoms with van der Waals surface area (Å²) in [7, 11) is 0. The molecule has 0 saturated carbocycles. The van der Waals surface area contributed by atoms with Crippen LogP contribution in [-0.2, 0) is 9.59 Å². The van der Waals surface area contributed by atoms with E-state index in [0.717, 1.165) is 29.2 Å². The lowest BCUT2D eigenvalue weighted by Crippen LogP contribution is -2.37. The molecule has 0 aliphatic carbocycles. The van der Waals surface area contributed by atoms with Crippen LogP contribution in [0.4, 0.5) is 18.9 Å². The zero-order valence-corrected chi connectivity index (χ0v) is 15.4. The topological polar surface area (TPSA) is 87.7 Å². The molecule has 0 aliphatic heterocycles. The molecule has 0 bridgehead atoms. The molecule has 0 heterocycles. The van der Waals surface area contributed by atoms with Crippen LogP contribution in [0.2, 0.25) is 0 Å². The van der Waals surface area contributed by atoms with Crippen molar-refractivity contribution in [1.82, 2.24) is 5.32 Å². The first-order valence-electron chi connectivity index (χ1n) is 7.95. The van der Waals surface area contributed by atoms with Crippen molar-refractivity contribution in [2.24, 2.45) is 0 Å². The van der Waals surface area contributed by atoms with Crippen LogP contribution in [-0.4, -0.2) is 36.1 Å². The van der Waals surface area contributed by atoms with Gasteiger partial charge in [-0.25, -0.2) is 0 Å². The Morgan fingerprint density at radius 1 is 1.07 bits per heavy atom. The van der Waals surface area contributed by atoms with Crippen LogP contribution in [0, 0.1) is 0 Å². The first-order valence-corrected chi connectivity index (χ1v) is 9.17. The summed E-state index contributed by atoms with van der Waals surface area (Å²) < 4.78 is 40.0. The van der Waals surface area contributed by atoms with Gasteiger partial charge in [0.2, 0.25) is 0 Å². The molecule has 2 rings (SSSR count). The number of carbonyl (C=O) groups excluding carboxylic acids is 2. The van der Waals surface area contributed by atoms with E-state index >= 15 is 0 Å². The lowest BCUT2D eigenvalue weighted by atomic mass is 10.1. The molecule has 0 aliphatic rings. The largest absolute Gasteiger partial charge is 0.573 e. The molecule has 0 spiro atoms. The second-order valence-electron chi connectivity index (χ2n) is 5.53. The predicted molar refractivity (Wildman–Crippen MR) is 97.9 cm³/mol. The van der Waals surface area contributed by atoms with Crippen molar-refractivity contribution in [3.63, 3.8) is 0 Å². The van der Waals surface area contributed by atoms with Gasteiger partial charge in [-0.2, -0.15) is 0 Å². The standard InChI is InChI=1S/C18H17F3N2O4S/c1-28-14-8-2-11(3-9-14)15(24)10-22-16(25)17(26)23-12-4-6-13(7-5-12)27-18(19,20)21/h2-9,15,24H,10H2,1H3,(H,22,25)(H,23,26)/t15-/m1/s1. The van der Waals surface area contributed by atoms with Crippen molar-refractivity contribution in [1.29, 1.82) is 0 Å². The number of rotatable bonds is 6. The fourth-order valence-corrected chi connectivity index (χ4v) is 2.55. The maximum absolute atomic E-state index is 12.1. The molecule has 2 aromatic rings. The van der Waals surface area contributed by atoms with E-state index in [1.165, 1.54) is 0 Å². The average Bonchev–Trinajstić information content (AvgIpc) is 2.66. The highest BCUT2D eigenvalue weighted by Crippen LogP contribution is 2.24. The molecule has 150 valence electrons. The molecule has 0 fully saturated rings. The van der Waals surface area contributed by atoms with Crippen LogP contribution in [0.1, 0.15) is 11.7 Å². The molecule has 0 radical (unpaired) electrons. The summed E-state index contributed by atoms with van der Waals surface area (Å²) in [5.41, 5.74) is 0.696. The van der Waals surface area contributed by atoms with E-state index in [9.17, 15) is 27.9 Å². The predicted octanol–water partition coefficient (Wildman–Crippen LogP) is 3.10. The van der Waals surface area contributed by atoms with Gasteiger partial charge in [0, 0.05) is 17.1 Å². The molecule has 2 amide bonds. The Morgan fingerprint density at radius 3 is 2.21 bits per heavy atom. The molecule has 10 heteroatoms. The van der Waals surface area contributed by atoms with E-state index < -0.39 is 30.0 Å². The molecule has 6 nitrogen and oxygen atoms in total. The van der Waals surface area contributed by atoms with Crippen molar-refractivity contribution in [3.05, 3.63) is 54.1 Å². The van der Waals surface area contributed by atoms with E-state index in [1.807, 2.05) is 18.4 Å². The van der Waals surface area contributed by atoms with Crippen LogP contribution in [0.5, 0.6) is 5.75 Å². The van der Waals surface area contributed by atoms with Gasteiger partial charge in [-0.05, 0) is 48.2 Å². The quantitative estimate of drug-likeness (QED) is 0.500. The molecular formula is C18H17F3N2O4S. The van der Waals surface area contributed by atoms with Gasteiger partial charge in [0.1, 0.15) is 5.75 Å². The third-order valence-electron chi connectivity index (χ3n) is 3.51.